The molecule has 1 aliphatic carbocycles. The minimum absolute atomic E-state index is 0.852. The number of hydrogen-bond acceptors (Lipinski definition) is 2. The molecule has 1 N–H and O–H groups in total. The van der Waals surface area contributed by atoms with Crippen molar-refractivity contribution in [2.75, 3.05) is 13.1 Å². The summed E-state index contributed by atoms with van der Waals surface area (Å²) in [5.41, 5.74) is 2.80. The summed E-state index contributed by atoms with van der Waals surface area (Å²) in [5, 5.41) is 3.49. The molecule has 1 aromatic heterocycles. The number of aromatic nitrogens is 1. The molecule has 1 saturated heterocycles. The third kappa shape index (κ3) is 1.70. The van der Waals surface area contributed by atoms with Crippen molar-refractivity contribution >= 4 is 5.57 Å². The zero-order valence-corrected chi connectivity index (χ0v) is 8.82. The molecule has 0 aromatic carbocycles. The summed E-state index contributed by atoms with van der Waals surface area (Å²) in [6, 6.07) is 4.19. The van der Waals surface area contributed by atoms with Gasteiger partial charge in [-0.1, -0.05) is 12.1 Å². The van der Waals surface area contributed by atoms with E-state index in [4.69, 9.17) is 0 Å². The zero-order chi connectivity index (χ0) is 10.1. The van der Waals surface area contributed by atoms with Gasteiger partial charge in [-0.3, -0.25) is 4.98 Å². The lowest BCUT2D eigenvalue weighted by molar-refractivity contribution is 0.418. The Balaban J connectivity index is 1.84. The average Bonchev–Trinajstić information content (AvgIpc) is 2.77. The molecule has 2 atom stereocenters. The van der Waals surface area contributed by atoms with Gasteiger partial charge in [0.15, 0.2) is 0 Å². The quantitative estimate of drug-likeness (QED) is 0.751. The van der Waals surface area contributed by atoms with Gasteiger partial charge in [0.25, 0.3) is 0 Å². The summed E-state index contributed by atoms with van der Waals surface area (Å²) in [5.74, 6) is 1.73. The molecular weight excluding hydrogens is 184 g/mol. The average molecular weight is 200 g/mol. The van der Waals surface area contributed by atoms with Crippen LogP contribution in [0, 0.1) is 11.8 Å². The van der Waals surface area contributed by atoms with E-state index in [1.165, 1.54) is 37.1 Å². The Labute approximate surface area is 90.4 Å². The number of fused-ring (bicyclic) bond motifs is 1. The van der Waals surface area contributed by atoms with Crippen LogP contribution < -0.4 is 5.32 Å². The maximum Gasteiger partial charge on any atom is 0.0342 e. The van der Waals surface area contributed by atoms with Crippen molar-refractivity contribution in [2.45, 2.75) is 12.8 Å². The second kappa shape index (κ2) is 3.78. The Hall–Kier alpha value is -1.15. The summed E-state index contributed by atoms with van der Waals surface area (Å²) in [6.07, 6.45) is 8.69. The van der Waals surface area contributed by atoms with E-state index in [9.17, 15) is 0 Å². The molecule has 0 saturated carbocycles. The second-order valence-electron chi connectivity index (χ2n) is 4.59. The van der Waals surface area contributed by atoms with Crippen molar-refractivity contribution in [1.82, 2.24) is 10.3 Å². The fraction of sp³-hybridized carbons (Fsp3) is 0.462. The Morgan fingerprint density at radius 1 is 1.27 bits per heavy atom. The van der Waals surface area contributed by atoms with E-state index in [1.54, 1.807) is 0 Å². The lowest BCUT2D eigenvalue weighted by Crippen LogP contribution is -2.16. The predicted octanol–water partition coefficient (Wildman–Crippen LogP) is 2.09. The molecule has 15 heavy (non-hydrogen) atoms. The molecule has 0 unspecified atom stereocenters. The lowest BCUT2D eigenvalue weighted by Gasteiger charge is -2.24. The van der Waals surface area contributed by atoms with Crippen molar-refractivity contribution in [3.05, 3.63) is 36.2 Å². The maximum absolute atomic E-state index is 4.19. The summed E-state index contributed by atoms with van der Waals surface area (Å²) < 4.78 is 0. The third-order valence-corrected chi connectivity index (χ3v) is 3.66. The van der Waals surface area contributed by atoms with Gasteiger partial charge in [-0.15, -0.1) is 0 Å². The third-order valence-electron chi connectivity index (χ3n) is 3.66. The van der Waals surface area contributed by atoms with Gasteiger partial charge >= 0.3 is 0 Å². The molecule has 3 rings (SSSR count). The normalized spacial score (nSPS) is 29.7. The Kier molecular flexibility index (Phi) is 2.29. The van der Waals surface area contributed by atoms with Crippen LogP contribution in [0.3, 0.4) is 0 Å². The van der Waals surface area contributed by atoms with Crippen molar-refractivity contribution in [2.24, 2.45) is 11.8 Å². The molecule has 1 aromatic rings. The standard InChI is InChI=1S/C13H16N2/c1-2-11(7-14-5-1)10-3-4-12-8-15-9-13(12)6-10/h1-3,5,7,12-13,15H,4,6,8-9H2/t12-,13+/m1/s1. The predicted molar refractivity (Wildman–Crippen MR) is 61.3 cm³/mol. The van der Waals surface area contributed by atoms with E-state index in [-0.39, 0.29) is 0 Å². The molecule has 0 amide bonds. The van der Waals surface area contributed by atoms with E-state index >= 15 is 0 Å². The summed E-state index contributed by atoms with van der Waals surface area (Å²) in [4.78, 5) is 4.19. The van der Waals surface area contributed by atoms with Gasteiger partial charge < -0.3 is 5.32 Å². The highest BCUT2D eigenvalue weighted by atomic mass is 14.9. The Bertz CT molecular complexity index is 369. The molecule has 0 bridgehead atoms. The topological polar surface area (TPSA) is 24.9 Å². The molecule has 0 spiro atoms. The fourth-order valence-electron chi connectivity index (χ4n) is 2.75. The van der Waals surface area contributed by atoms with Gasteiger partial charge in [-0.25, -0.2) is 0 Å². The lowest BCUT2D eigenvalue weighted by atomic mass is 9.80. The number of allylic oxidation sites excluding steroid dienone is 2. The molecule has 78 valence electrons. The highest BCUT2D eigenvalue weighted by Crippen LogP contribution is 2.36. The van der Waals surface area contributed by atoms with E-state index in [2.05, 4.69) is 22.4 Å². The van der Waals surface area contributed by atoms with Gasteiger partial charge in [0.2, 0.25) is 0 Å². The molecule has 1 fully saturated rings. The van der Waals surface area contributed by atoms with E-state index < -0.39 is 0 Å². The van der Waals surface area contributed by atoms with Gasteiger partial charge in [0.05, 0.1) is 0 Å². The number of nitrogens with one attached hydrogen (secondary N) is 1. The van der Waals surface area contributed by atoms with E-state index in [0.717, 1.165) is 11.8 Å². The smallest absolute Gasteiger partial charge is 0.0342 e. The molecule has 1 aliphatic heterocycles. The van der Waals surface area contributed by atoms with Crippen LogP contribution in [0.4, 0.5) is 0 Å². The van der Waals surface area contributed by atoms with Crippen LogP contribution in [0.15, 0.2) is 30.6 Å². The van der Waals surface area contributed by atoms with Gasteiger partial charge in [0, 0.05) is 12.4 Å². The SMILES string of the molecule is C1=C(c2cccnc2)C[C@H]2CNC[C@H]2C1. The number of hydrogen-bond donors (Lipinski definition) is 1. The highest BCUT2D eigenvalue weighted by molar-refractivity contribution is 5.65. The van der Waals surface area contributed by atoms with Crippen molar-refractivity contribution in [1.29, 1.82) is 0 Å². The van der Waals surface area contributed by atoms with Crippen LogP contribution in [0.2, 0.25) is 0 Å². The van der Waals surface area contributed by atoms with E-state index in [1.807, 2.05) is 18.5 Å². The number of nitrogens with zero attached hydrogens (tertiary/aromatic N) is 1. The summed E-state index contributed by atoms with van der Waals surface area (Å²) >= 11 is 0. The van der Waals surface area contributed by atoms with Crippen LogP contribution >= 0.6 is 0 Å². The molecule has 2 heteroatoms. The first-order valence-corrected chi connectivity index (χ1v) is 5.73. The van der Waals surface area contributed by atoms with Crippen molar-refractivity contribution in [3.63, 3.8) is 0 Å². The van der Waals surface area contributed by atoms with Crippen molar-refractivity contribution in [3.8, 4) is 0 Å². The zero-order valence-electron chi connectivity index (χ0n) is 8.82. The first-order valence-electron chi connectivity index (χ1n) is 5.73. The van der Waals surface area contributed by atoms with Gasteiger partial charge in [-0.05, 0) is 55.0 Å². The summed E-state index contributed by atoms with van der Waals surface area (Å²) in [6.45, 7) is 2.41. The minimum atomic E-state index is 0.852. The highest BCUT2D eigenvalue weighted by Gasteiger charge is 2.30. The molecule has 2 aliphatic rings. The number of pyridine rings is 1. The van der Waals surface area contributed by atoms with Crippen molar-refractivity contribution < 1.29 is 0 Å². The van der Waals surface area contributed by atoms with Crippen LogP contribution in [-0.4, -0.2) is 18.1 Å². The monoisotopic (exact) mass is 200 g/mol. The number of rotatable bonds is 1. The van der Waals surface area contributed by atoms with Crippen LogP contribution in [-0.2, 0) is 0 Å². The van der Waals surface area contributed by atoms with Crippen LogP contribution in [0.5, 0.6) is 0 Å². The maximum atomic E-state index is 4.19. The Morgan fingerprint density at radius 2 is 2.20 bits per heavy atom. The fourth-order valence-corrected chi connectivity index (χ4v) is 2.75. The van der Waals surface area contributed by atoms with Gasteiger partial charge in [0.1, 0.15) is 0 Å². The first-order chi connectivity index (χ1) is 7.43. The largest absolute Gasteiger partial charge is 0.316 e. The Morgan fingerprint density at radius 3 is 3.07 bits per heavy atom. The van der Waals surface area contributed by atoms with E-state index in [0.29, 0.717) is 0 Å². The molecule has 2 nitrogen and oxygen atoms in total. The second-order valence-corrected chi connectivity index (χ2v) is 4.59. The molecule has 2 heterocycles. The van der Waals surface area contributed by atoms with Crippen LogP contribution in [0.1, 0.15) is 18.4 Å². The van der Waals surface area contributed by atoms with Gasteiger partial charge in [-0.2, -0.15) is 0 Å². The molecular formula is C13H16N2. The molecule has 0 radical (unpaired) electrons. The van der Waals surface area contributed by atoms with Crippen LogP contribution in [0.25, 0.3) is 5.57 Å². The first kappa shape index (κ1) is 9.10. The summed E-state index contributed by atoms with van der Waals surface area (Å²) in [7, 11) is 0. The minimum Gasteiger partial charge on any atom is -0.316 e.